The maximum atomic E-state index is 12.2. The highest BCUT2D eigenvalue weighted by atomic mass is 16.3. The van der Waals surface area contributed by atoms with E-state index in [1.54, 1.807) is 0 Å². The second-order valence-corrected chi connectivity index (χ2v) is 6.88. The smallest absolute Gasteiger partial charge is 0.315 e. The first kappa shape index (κ1) is 16.3. The minimum Gasteiger partial charge on any atom is -0.388 e. The third-order valence-corrected chi connectivity index (χ3v) is 5.01. The number of likely N-dealkylation sites (tertiary alicyclic amines) is 1. The largest absolute Gasteiger partial charge is 0.388 e. The van der Waals surface area contributed by atoms with Gasteiger partial charge in [-0.1, -0.05) is 30.3 Å². The first-order valence-electron chi connectivity index (χ1n) is 8.69. The Morgan fingerprint density at radius 3 is 2.48 bits per heavy atom. The van der Waals surface area contributed by atoms with Crippen molar-refractivity contribution in [2.24, 2.45) is 0 Å². The summed E-state index contributed by atoms with van der Waals surface area (Å²) >= 11 is 0. The van der Waals surface area contributed by atoms with Crippen molar-refractivity contribution in [1.82, 2.24) is 15.5 Å². The minimum atomic E-state index is -0.686. The number of hydrogen-bond acceptors (Lipinski definition) is 3. The predicted octanol–water partition coefficient (Wildman–Crippen LogP) is 2.04. The van der Waals surface area contributed by atoms with Gasteiger partial charge in [0.1, 0.15) is 0 Å². The van der Waals surface area contributed by atoms with E-state index >= 15 is 0 Å². The number of carbonyl (C=O) groups excluding carboxylic acids is 1. The van der Waals surface area contributed by atoms with Crippen LogP contribution in [0.1, 0.15) is 43.7 Å². The van der Waals surface area contributed by atoms with Crippen LogP contribution in [0.25, 0.3) is 0 Å². The van der Waals surface area contributed by atoms with Crippen LogP contribution in [-0.4, -0.2) is 47.8 Å². The summed E-state index contributed by atoms with van der Waals surface area (Å²) in [7, 11) is 0. The highest BCUT2D eigenvalue weighted by Gasteiger charge is 2.34. The van der Waals surface area contributed by atoms with Crippen molar-refractivity contribution in [3.05, 3.63) is 35.9 Å². The zero-order valence-electron chi connectivity index (χ0n) is 13.6. The second-order valence-electron chi connectivity index (χ2n) is 6.88. The molecule has 0 unspecified atom stereocenters. The first-order chi connectivity index (χ1) is 11.1. The summed E-state index contributed by atoms with van der Waals surface area (Å²) in [6.45, 7) is 3.38. The van der Waals surface area contributed by atoms with Gasteiger partial charge in [-0.05, 0) is 50.8 Å². The van der Waals surface area contributed by atoms with E-state index in [1.807, 2.05) is 18.2 Å². The summed E-state index contributed by atoms with van der Waals surface area (Å²) in [4.78, 5) is 14.6. The summed E-state index contributed by atoms with van der Waals surface area (Å²) in [6, 6.07) is 9.89. The maximum Gasteiger partial charge on any atom is 0.315 e. The SMILES string of the molecule is O=C(NCC1(O)CCC1)N[C@@H](CN1CCCC1)c1ccccc1. The number of rotatable bonds is 6. The number of benzene rings is 1. The minimum absolute atomic E-state index is 0.0228. The molecule has 5 nitrogen and oxygen atoms in total. The number of hydrogen-bond donors (Lipinski definition) is 3. The topological polar surface area (TPSA) is 64.6 Å². The van der Waals surface area contributed by atoms with E-state index in [1.165, 1.54) is 12.8 Å². The van der Waals surface area contributed by atoms with Crippen LogP contribution in [0.2, 0.25) is 0 Å². The number of aliphatic hydroxyl groups is 1. The van der Waals surface area contributed by atoms with E-state index in [4.69, 9.17) is 0 Å². The van der Waals surface area contributed by atoms with E-state index in [0.29, 0.717) is 6.54 Å². The standard InChI is InChI=1S/C18H27N3O2/c22-17(19-14-18(23)9-6-10-18)20-16(13-21-11-4-5-12-21)15-7-2-1-3-8-15/h1-3,7-8,16,23H,4-6,9-14H2,(H2,19,20,22)/t16-/m0/s1. The molecule has 1 saturated carbocycles. The fourth-order valence-corrected chi connectivity index (χ4v) is 3.36. The van der Waals surface area contributed by atoms with Gasteiger partial charge < -0.3 is 20.6 Å². The van der Waals surface area contributed by atoms with E-state index in [-0.39, 0.29) is 12.1 Å². The zero-order chi connectivity index (χ0) is 16.1. The van der Waals surface area contributed by atoms with Gasteiger partial charge in [-0.2, -0.15) is 0 Å². The van der Waals surface area contributed by atoms with Crippen molar-refractivity contribution < 1.29 is 9.90 Å². The lowest BCUT2D eigenvalue weighted by atomic mass is 9.80. The Morgan fingerprint density at radius 2 is 1.87 bits per heavy atom. The monoisotopic (exact) mass is 317 g/mol. The Morgan fingerprint density at radius 1 is 1.17 bits per heavy atom. The Labute approximate surface area is 138 Å². The Hall–Kier alpha value is -1.59. The molecule has 2 amide bonds. The molecule has 5 heteroatoms. The number of nitrogens with one attached hydrogen (secondary N) is 2. The summed E-state index contributed by atoms with van der Waals surface area (Å²) in [5.74, 6) is 0. The summed E-state index contributed by atoms with van der Waals surface area (Å²) in [6.07, 6.45) is 5.08. The van der Waals surface area contributed by atoms with E-state index < -0.39 is 5.60 Å². The summed E-state index contributed by atoms with van der Waals surface area (Å²) in [5, 5.41) is 16.0. The fourth-order valence-electron chi connectivity index (χ4n) is 3.36. The summed E-state index contributed by atoms with van der Waals surface area (Å²) < 4.78 is 0. The van der Waals surface area contributed by atoms with Crippen molar-refractivity contribution in [3.63, 3.8) is 0 Å². The predicted molar refractivity (Wildman–Crippen MR) is 90.2 cm³/mol. The maximum absolute atomic E-state index is 12.2. The third kappa shape index (κ3) is 4.45. The van der Waals surface area contributed by atoms with Crippen molar-refractivity contribution >= 4 is 6.03 Å². The van der Waals surface area contributed by atoms with Gasteiger partial charge in [0.25, 0.3) is 0 Å². The second kappa shape index (κ2) is 7.32. The highest BCUT2D eigenvalue weighted by Crippen LogP contribution is 2.30. The molecule has 0 bridgehead atoms. The molecule has 0 aromatic heterocycles. The molecule has 1 aromatic rings. The molecule has 2 fully saturated rings. The van der Waals surface area contributed by atoms with Crippen molar-refractivity contribution in [1.29, 1.82) is 0 Å². The van der Waals surface area contributed by atoms with Crippen LogP contribution in [0, 0.1) is 0 Å². The Balaban J connectivity index is 1.57. The van der Waals surface area contributed by atoms with E-state index in [9.17, 15) is 9.90 Å². The Kier molecular flexibility index (Phi) is 5.18. The van der Waals surface area contributed by atoms with Gasteiger partial charge in [-0.15, -0.1) is 0 Å². The lowest BCUT2D eigenvalue weighted by Crippen LogP contribution is -2.51. The lowest BCUT2D eigenvalue weighted by Gasteiger charge is -2.36. The molecule has 126 valence electrons. The average molecular weight is 317 g/mol. The fraction of sp³-hybridized carbons (Fsp3) is 0.611. The molecule has 3 rings (SSSR count). The van der Waals surface area contributed by atoms with Crippen LogP contribution in [0.15, 0.2) is 30.3 Å². The van der Waals surface area contributed by atoms with Gasteiger partial charge in [0.15, 0.2) is 0 Å². The third-order valence-electron chi connectivity index (χ3n) is 5.01. The van der Waals surface area contributed by atoms with Crippen molar-refractivity contribution in [2.45, 2.75) is 43.7 Å². The molecule has 1 aliphatic carbocycles. The molecule has 1 aliphatic heterocycles. The van der Waals surface area contributed by atoms with Crippen LogP contribution < -0.4 is 10.6 Å². The zero-order valence-corrected chi connectivity index (χ0v) is 13.6. The normalized spacial score (nSPS) is 21.4. The van der Waals surface area contributed by atoms with Crippen LogP contribution in [0.3, 0.4) is 0 Å². The molecular weight excluding hydrogens is 290 g/mol. The van der Waals surface area contributed by atoms with Crippen LogP contribution in [0.4, 0.5) is 4.79 Å². The van der Waals surface area contributed by atoms with Gasteiger partial charge in [0, 0.05) is 13.1 Å². The van der Waals surface area contributed by atoms with Gasteiger partial charge in [0.2, 0.25) is 0 Å². The molecular formula is C18H27N3O2. The average Bonchev–Trinajstić information content (AvgIpc) is 3.04. The molecule has 0 radical (unpaired) electrons. The van der Waals surface area contributed by atoms with E-state index in [0.717, 1.165) is 44.5 Å². The van der Waals surface area contributed by atoms with Crippen molar-refractivity contribution in [3.8, 4) is 0 Å². The molecule has 1 atom stereocenters. The van der Waals surface area contributed by atoms with Gasteiger partial charge in [-0.3, -0.25) is 0 Å². The number of amides is 2. The van der Waals surface area contributed by atoms with Gasteiger partial charge in [0.05, 0.1) is 11.6 Å². The highest BCUT2D eigenvalue weighted by molar-refractivity contribution is 5.74. The lowest BCUT2D eigenvalue weighted by molar-refractivity contribution is -0.0290. The van der Waals surface area contributed by atoms with Crippen LogP contribution >= 0.6 is 0 Å². The number of urea groups is 1. The van der Waals surface area contributed by atoms with Crippen LogP contribution in [0.5, 0.6) is 0 Å². The molecule has 2 aliphatic rings. The quantitative estimate of drug-likeness (QED) is 0.752. The van der Waals surface area contributed by atoms with Crippen LogP contribution in [-0.2, 0) is 0 Å². The van der Waals surface area contributed by atoms with Gasteiger partial charge in [-0.25, -0.2) is 4.79 Å². The molecule has 3 N–H and O–H groups in total. The number of carbonyl (C=O) groups is 1. The number of nitrogens with zero attached hydrogens (tertiary/aromatic N) is 1. The summed E-state index contributed by atoms with van der Waals surface area (Å²) in [5.41, 5.74) is 0.436. The Bertz CT molecular complexity index is 510. The molecule has 1 heterocycles. The molecule has 1 aromatic carbocycles. The van der Waals surface area contributed by atoms with Gasteiger partial charge >= 0.3 is 6.03 Å². The molecule has 0 spiro atoms. The first-order valence-corrected chi connectivity index (χ1v) is 8.69. The van der Waals surface area contributed by atoms with E-state index in [2.05, 4.69) is 27.7 Å². The molecule has 1 saturated heterocycles. The van der Waals surface area contributed by atoms with Crippen molar-refractivity contribution in [2.75, 3.05) is 26.2 Å². The molecule has 23 heavy (non-hydrogen) atoms.